The standard InChI is InChI=1S/C33H40N4O4/c1-35(2)21-30-29(26-14-12-25(13-15-26)11-10-24-8-6-5-7-9-24)20-37(30)23-32(39)31(38)22-36(3)33(40)34-27-16-18-28(41-4)19-17-27/h5-9,12-19,29-32,38-39H,20-23H2,1-4H3,(H,34,40)/t29?,30-,31-,32+/m1/s1. The van der Waals surface area contributed by atoms with E-state index in [0.29, 0.717) is 23.9 Å². The fraction of sp³-hybridized carbons (Fsp3) is 0.364. The number of likely N-dealkylation sites (tertiary alicyclic amines) is 1. The van der Waals surface area contributed by atoms with Crippen LogP contribution in [0.1, 0.15) is 22.6 Å². The van der Waals surface area contributed by atoms with Crippen molar-refractivity contribution in [2.24, 2.45) is 0 Å². The molecule has 3 aromatic rings. The van der Waals surface area contributed by atoms with Gasteiger partial charge in [0.15, 0.2) is 0 Å². The lowest BCUT2D eigenvalue weighted by molar-refractivity contribution is -0.0493. The Balaban J connectivity index is 1.30. The van der Waals surface area contributed by atoms with E-state index in [9.17, 15) is 15.0 Å². The Morgan fingerprint density at radius 2 is 1.59 bits per heavy atom. The molecule has 0 bridgehead atoms. The molecule has 216 valence electrons. The van der Waals surface area contributed by atoms with Crippen molar-refractivity contribution in [2.75, 3.05) is 59.7 Å². The van der Waals surface area contributed by atoms with Gasteiger partial charge in [0.05, 0.1) is 25.9 Å². The fourth-order valence-corrected chi connectivity index (χ4v) is 5.00. The number of hydrogen-bond donors (Lipinski definition) is 3. The van der Waals surface area contributed by atoms with Gasteiger partial charge in [-0.2, -0.15) is 0 Å². The van der Waals surface area contributed by atoms with Gasteiger partial charge < -0.3 is 30.1 Å². The minimum Gasteiger partial charge on any atom is -0.497 e. The topological polar surface area (TPSA) is 88.5 Å². The van der Waals surface area contributed by atoms with Crippen LogP contribution in [0.5, 0.6) is 5.75 Å². The highest BCUT2D eigenvalue weighted by molar-refractivity contribution is 5.89. The highest BCUT2D eigenvalue weighted by atomic mass is 16.5. The van der Waals surface area contributed by atoms with Gasteiger partial charge in [0.25, 0.3) is 0 Å². The Morgan fingerprint density at radius 3 is 2.20 bits per heavy atom. The first-order valence-electron chi connectivity index (χ1n) is 13.8. The number of ether oxygens (including phenoxy) is 1. The lowest BCUT2D eigenvalue weighted by atomic mass is 9.81. The number of β-amino-alcohol motifs (C(OH)–C–C–N with tert-alkyl or cyclic N) is 1. The quantitative estimate of drug-likeness (QED) is 0.332. The Bertz CT molecular complexity index is 1320. The molecule has 41 heavy (non-hydrogen) atoms. The molecule has 1 aliphatic rings. The minimum atomic E-state index is -1.08. The largest absolute Gasteiger partial charge is 0.497 e. The van der Waals surface area contributed by atoms with Crippen LogP contribution < -0.4 is 10.1 Å². The Hall–Kier alpha value is -3.87. The summed E-state index contributed by atoms with van der Waals surface area (Å²) in [7, 11) is 7.25. The number of hydrogen-bond acceptors (Lipinski definition) is 6. The van der Waals surface area contributed by atoms with Gasteiger partial charge in [0.2, 0.25) is 0 Å². The van der Waals surface area contributed by atoms with Gasteiger partial charge >= 0.3 is 6.03 Å². The zero-order valence-electron chi connectivity index (χ0n) is 24.2. The maximum Gasteiger partial charge on any atom is 0.321 e. The first-order chi connectivity index (χ1) is 19.7. The minimum absolute atomic E-state index is 0.00422. The van der Waals surface area contributed by atoms with Gasteiger partial charge in [0, 0.05) is 55.5 Å². The Labute approximate surface area is 243 Å². The summed E-state index contributed by atoms with van der Waals surface area (Å²) in [6.07, 6.45) is -2.07. The number of carbonyl (C=O) groups excluding carboxylic acids is 1. The normalized spacial score (nSPS) is 18.0. The second kappa shape index (κ2) is 14.2. The zero-order valence-corrected chi connectivity index (χ0v) is 24.2. The van der Waals surface area contributed by atoms with E-state index < -0.39 is 12.2 Å². The van der Waals surface area contributed by atoms with Crippen molar-refractivity contribution in [3.63, 3.8) is 0 Å². The number of urea groups is 1. The van der Waals surface area contributed by atoms with E-state index in [2.05, 4.69) is 51.2 Å². The second-order valence-corrected chi connectivity index (χ2v) is 10.8. The SMILES string of the molecule is COc1ccc(NC(=O)N(C)C[C@@H](O)[C@@H](O)CN2CC(c3ccc(C#Cc4ccccc4)cc3)[C@H]2CN(C)C)cc1. The second-order valence-electron chi connectivity index (χ2n) is 10.8. The monoisotopic (exact) mass is 556 g/mol. The summed E-state index contributed by atoms with van der Waals surface area (Å²) in [5.41, 5.74) is 3.81. The molecule has 1 aliphatic heterocycles. The van der Waals surface area contributed by atoms with E-state index in [1.807, 2.05) is 44.4 Å². The predicted octanol–water partition coefficient (Wildman–Crippen LogP) is 3.31. The summed E-state index contributed by atoms with van der Waals surface area (Å²) in [6, 6.07) is 25.2. The van der Waals surface area contributed by atoms with Gasteiger partial charge in [-0.1, -0.05) is 42.2 Å². The van der Waals surface area contributed by atoms with Gasteiger partial charge in [0.1, 0.15) is 5.75 Å². The fourth-order valence-electron chi connectivity index (χ4n) is 5.00. The van der Waals surface area contributed by atoms with Crippen molar-refractivity contribution in [1.29, 1.82) is 0 Å². The van der Waals surface area contributed by atoms with Crippen molar-refractivity contribution in [2.45, 2.75) is 24.2 Å². The van der Waals surface area contributed by atoms with Gasteiger partial charge in [-0.3, -0.25) is 4.90 Å². The van der Waals surface area contributed by atoms with E-state index in [1.54, 1.807) is 38.4 Å². The van der Waals surface area contributed by atoms with Gasteiger partial charge in [-0.15, -0.1) is 0 Å². The number of rotatable bonds is 10. The number of nitrogens with one attached hydrogen (secondary N) is 1. The number of anilines is 1. The Kier molecular flexibility index (Phi) is 10.4. The van der Waals surface area contributed by atoms with Crippen LogP contribution in [-0.2, 0) is 0 Å². The number of carbonyl (C=O) groups is 1. The van der Waals surface area contributed by atoms with Crippen LogP contribution in [0.3, 0.4) is 0 Å². The van der Waals surface area contributed by atoms with Crippen LogP contribution in [0.4, 0.5) is 10.5 Å². The van der Waals surface area contributed by atoms with Crippen molar-refractivity contribution in [3.05, 3.63) is 95.6 Å². The molecule has 0 aromatic heterocycles. The van der Waals surface area contributed by atoms with Crippen LogP contribution in [0.15, 0.2) is 78.9 Å². The van der Waals surface area contributed by atoms with Crippen molar-refractivity contribution >= 4 is 11.7 Å². The van der Waals surface area contributed by atoms with Gasteiger partial charge in [-0.25, -0.2) is 4.79 Å². The third-order valence-electron chi connectivity index (χ3n) is 7.40. The molecular weight excluding hydrogens is 516 g/mol. The smallest absolute Gasteiger partial charge is 0.321 e. The maximum absolute atomic E-state index is 12.6. The molecule has 1 saturated heterocycles. The van der Waals surface area contributed by atoms with Crippen molar-refractivity contribution in [3.8, 4) is 17.6 Å². The highest BCUT2D eigenvalue weighted by Gasteiger charge is 2.41. The first-order valence-corrected chi connectivity index (χ1v) is 13.8. The van der Waals surface area contributed by atoms with Crippen LogP contribution in [0.25, 0.3) is 0 Å². The lowest BCUT2D eigenvalue weighted by Gasteiger charge is -2.50. The molecule has 8 heteroatoms. The molecule has 2 amide bonds. The molecule has 3 aromatic carbocycles. The van der Waals surface area contributed by atoms with Crippen LogP contribution in [-0.4, -0.2) is 104 Å². The summed E-state index contributed by atoms with van der Waals surface area (Å²) in [5, 5.41) is 24.3. The molecule has 0 saturated carbocycles. The average Bonchev–Trinajstić information content (AvgIpc) is 2.97. The highest BCUT2D eigenvalue weighted by Crippen LogP contribution is 2.35. The van der Waals surface area contributed by atoms with Crippen LogP contribution >= 0.6 is 0 Å². The van der Waals surface area contributed by atoms with Crippen LogP contribution in [0.2, 0.25) is 0 Å². The number of methoxy groups -OCH3 is 1. The summed E-state index contributed by atoms with van der Waals surface area (Å²) in [4.78, 5) is 18.3. The summed E-state index contributed by atoms with van der Waals surface area (Å²) in [5.74, 6) is 7.44. The van der Waals surface area contributed by atoms with E-state index in [-0.39, 0.29) is 18.6 Å². The van der Waals surface area contributed by atoms with E-state index >= 15 is 0 Å². The molecule has 1 unspecified atom stereocenters. The third kappa shape index (κ3) is 8.32. The zero-order chi connectivity index (χ0) is 29.4. The van der Waals surface area contributed by atoms with E-state index in [0.717, 1.165) is 24.2 Å². The molecule has 0 radical (unpaired) electrons. The number of nitrogens with zero attached hydrogens (tertiary/aromatic N) is 3. The molecule has 1 heterocycles. The molecular formula is C33H40N4O4. The van der Waals surface area contributed by atoms with E-state index in [1.165, 1.54) is 10.5 Å². The lowest BCUT2D eigenvalue weighted by Crippen LogP contribution is -2.61. The summed E-state index contributed by atoms with van der Waals surface area (Å²) >= 11 is 0. The van der Waals surface area contributed by atoms with Gasteiger partial charge in [-0.05, 0) is 68.2 Å². The average molecular weight is 557 g/mol. The molecule has 3 N–H and O–H groups in total. The van der Waals surface area contributed by atoms with Crippen molar-refractivity contribution < 1.29 is 19.7 Å². The number of aliphatic hydroxyl groups is 2. The number of amides is 2. The van der Waals surface area contributed by atoms with Crippen LogP contribution in [0, 0.1) is 11.8 Å². The summed E-state index contributed by atoms with van der Waals surface area (Å²) in [6.45, 7) is 1.94. The molecule has 0 aliphatic carbocycles. The number of benzene rings is 3. The molecule has 1 fully saturated rings. The summed E-state index contributed by atoms with van der Waals surface area (Å²) < 4.78 is 5.14. The third-order valence-corrected chi connectivity index (χ3v) is 7.40. The molecule has 0 spiro atoms. The molecule has 4 atom stereocenters. The first kappa shape index (κ1) is 30.1. The molecule has 8 nitrogen and oxygen atoms in total. The maximum atomic E-state index is 12.6. The number of aliphatic hydroxyl groups excluding tert-OH is 2. The Morgan fingerprint density at radius 1 is 0.951 bits per heavy atom. The van der Waals surface area contributed by atoms with E-state index in [4.69, 9.17) is 4.74 Å². The van der Waals surface area contributed by atoms with Crippen molar-refractivity contribution in [1.82, 2.24) is 14.7 Å². The number of likely N-dealkylation sites (N-methyl/N-ethyl adjacent to an activating group) is 2. The molecule has 4 rings (SSSR count). The predicted molar refractivity (Wildman–Crippen MR) is 162 cm³/mol.